The van der Waals surface area contributed by atoms with Crippen LogP contribution < -0.4 is 10.1 Å². The van der Waals surface area contributed by atoms with E-state index in [9.17, 15) is 26.4 Å². The van der Waals surface area contributed by atoms with Crippen LogP contribution in [0.4, 0.5) is 23.7 Å². The lowest BCUT2D eigenvalue weighted by molar-refractivity contribution is -0.143. The Morgan fingerprint density at radius 3 is 2.53 bits per heavy atom. The van der Waals surface area contributed by atoms with Gasteiger partial charge < -0.3 is 9.84 Å². The summed E-state index contributed by atoms with van der Waals surface area (Å²) in [5.41, 5.74) is -1.33. The minimum atomic E-state index is -4.92. The van der Waals surface area contributed by atoms with E-state index in [4.69, 9.17) is 21.4 Å². The van der Waals surface area contributed by atoms with Gasteiger partial charge in [-0.3, -0.25) is 5.32 Å². The zero-order valence-electron chi connectivity index (χ0n) is 17.5. The van der Waals surface area contributed by atoms with Crippen molar-refractivity contribution in [2.45, 2.75) is 11.1 Å². The van der Waals surface area contributed by atoms with Crippen LogP contribution in [0.5, 0.6) is 5.75 Å². The first-order chi connectivity index (χ1) is 15.9. The number of nitrogens with one attached hydrogen (secondary N) is 1. The Bertz CT molecular complexity index is 1280. The Morgan fingerprint density at radius 1 is 1.24 bits per heavy atom. The number of aromatic nitrogens is 2. The number of benzene rings is 2. The second kappa shape index (κ2) is 10.0. The summed E-state index contributed by atoms with van der Waals surface area (Å²) in [5, 5.41) is 15.1. The number of hydrogen-bond acceptors (Lipinski definition) is 6. The van der Waals surface area contributed by atoms with Crippen molar-refractivity contribution >= 4 is 33.4 Å². The van der Waals surface area contributed by atoms with Gasteiger partial charge >= 0.3 is 12.3 Å². The van der Waals surface area contributed by atoms with Crippen molar-refractivity contribution < 1.29 is 36.2 Å². The van der Waals surface area contributed by atoms with Gasteiger partial charge in [0.15, 0.2) is 11.4 Å². The highest BCUT2D eigenvalue weighted by atomic mass is 35.5. The van der Waals surface area contributed by atoms with Crippen LogP contribution in [0.15, 0.2) is 59.6 Å². The summed E-state index contributed by atoms with van der Waals surface area (Å²) >= 11 is 5.77. The number of sulfonamides is 1. The minimum Gasteiger partial charge on any atom is -0.406 e. The summed E-state index contributed by atoms with van der Waals surface area (Å²) in [6.45, 7) is -0.550. The molecular formula is C20H18ClF3N4O5S. The number of ether oxygens (including phenoxy) is 1. The molecule has 0 unspecified atom stereocenters. The van der Waals surface area contributed by atoms with Gasteiger partial charge in [-0.1, -0.05) is 17.7 Å². The second-order valence-corrected chi connectivity index (χ2v) is 9.32. The van der Waals surface area contributed by atoms with Crippen molar-refractivity contribution in [1.29, 1.82) is 0 Å². The lowest BCUT2D eigenvalue weighted by Gasteiger charge is -2.16. The molecule has 0 fully saturated rings. The third kappa shape index (κ3) is 5.67. The number of amides is 1. The normalized spacial score (nSPS) is 12.1. The van der Waals surface area contributed by atoms with Gasteiger partial charge in [-0.05, 0) is 42.5 Å². The largest absolute Gasteiger partial charge is 0.437 e. The number of hydrogen-bond donors (Lipinski definition) is 2. The predicted molar refractivity (Wildman–Crippen MR) is 117 cm³/mol. The summed E-state index contributed by atoms with van der Waals surface area (Å²) in [6, 6.07) is 10.4. The molecule has 34 heavy (non-hydrogen) atoms. The molecule has 0 aliphatic carbocycles. The molecule has 0 aliphatic heterocycles. The van der Waals surface area contributed by atoms with Crippen LogP contribution in [0.3, 0.4) is 0 Å². The van der Waals surface area contributed by atoms with E-state index in [2.05, 4.69) is 10.4 Å². The Morgan fingerprint density at radius 2 is 1.91 bits per heavy atom. The minimum absolute atomic E-state index is 0.0388. The second-order valence-electron chi connectivity index (χ2n) is 6.84. The highest BCUT2D eigenvalue weighted by Gasteiger charge is 2.40. The number of likely N-dealkylation sites (N-methyl/N-ethyl adjacent to an activating group) is 1. The average molecular weight is 519 g/mol. The molecular weight excluding hydrogens is 501 g/mol. The van der Waals surface area contributed by atoms with Gasteiger partial charge in [0.25, 0.3) is 0 Å². The molecule has 3 aromatic rings. The molecule has 2 aromatic carbocycles. The van der Waals surface area contributed by atoms with Crippen LogP contribution in [0, 0.1) is 0 Å². The molecule has 1 heterocycles. The zero-order valence-corrected chi connectivity index (χ0v) is 19.0. The molecule has 1 amide bonds. The third-order valence-corrected chi connectivity index (χ3v) is 6.59. The molecule has 0 spiro atoms. The van der Waals surface area contributed by atoms with E-state index in [1.54, 1.807) is 0 Å². The van der Waals surface area contributed by atoms with Gasteiger partial charge in [0, 0.05) is 24.3 Å². The molecule has 2 N–H and O–H groups in total. The number of rotatable bonds is 7. The molecule has 3 rings (SSSR count). The van der Waals surface area contributed by atoms with Crippen molar-refractivity contribution in [2.24, 2.45) is 0 Å². The van der Waals surface area contributed by atoms with E-state index < -0.39 is 40.3 Å². The molecule has 1 aromatic heterocycles. The number of nitrogens with zero attached hydrogens (tertiary/aromatic N) is 3. The number of anilines is 1. The number of halogens is 4. The molecule has 182 valence electrons. The Balaban J connectivity index is 1.84. The lowest BCUT2D eigenvalue weighted by Crippen LogP contribution is -2.29. The van der Waals surface area contributed by atoms with Gasteiger partial charge in [-0.25, -0.2) is 17.9 Å². The van der Waals surface area contributed by atoms with Gasteiger partial charge in [0.1, 0.15) is 0 Å². The maximum atomic E-state index is 13.7. The number of carbonyl (C=O) groups excluding carboxylic acids is 1. The maximum absolute atomic E-state index is 13.7. The van der Waals surface area contributed by atoms with E-state index in [1.165, 1.54) is 49.5 Å². The van der Waals surface area contributed by atoms with Crippen LogP contribution in [0.1, 0.15) is 5.69 Å². The summed E-state index contributed by atoms with van der Waals surface area (Å²) < 4.78 is 72.4. The van der Waals surface area contributed by atoms with Gasteiger partial charge in [0.2, 0.25) is 10.0 Å². The Labute approximate surface area is 197 Å². The SMILES string of the molecule is CN(CCO)S(=O)(=O)c1cccc(NC(=O)Oc2cnn(-c3ccc(Cl)cc3)c2C(F)(F)F)c1. The fourth-order valence-corrected chi connectivity index (χ4v) is 4.20. The summed E-state index contributed by atoms with van der Waals surface area (Å²) in [6.07, 6.45) is -5.47. The standard InChI is InChI=1S/C20H18ClF3N4O5S/c1-27(9-10-29)34(31,32)16-4-2-3-14(11-16)26-19(30)33-17-12-25-28(18(17)20(22,23)24)15-7-5-13(21)6-8-15/h2-8,11-12,29H,9-10H2,1H3,(H,26,30). The fraction of sp³-hybridized carbons (Fsp3) is 0.200. The van der Waals surface area contributed by atoms with Gasteiger partial charge in [-0.2, -0.15) is 22.6 Å². The molecule has 0 aliphatic rings. The quantitative estimate of drug-likeness (QED) is 0.492. The number of carbonyl (C=O) groups is 1. The van der Waals surface area contributed by atoms with Crippen LogP contribution >= 0.6 is 11.6 Å². The highest BCUT2D eigenvalue weighted by molar-refractivity contribution is 7.89. The number of aliphatic hydroxyl groups excluding tert-OH is 1. The molecule has 0 atom stereocenters. The molecule has 0 radical (unpaired) electrons. The summed E-state index contributed by atoms with van der Waals surface area (Å²) in [7, 11) is -2.70. The molecule has 9 nitrogen and oxygen atoms in total. The first kappa shape index (κ1) is 25.5. The zero-order chi connectivity index (χ0) is 25.1. The van der Waals surface area contributed by atoms with Crippen LogP contribution in [0.25, 0.3) is 5.69 Å². The van der Waals surface area contributed by atoms with Crippen LogP contribution in [0.2, 0.25) is 5.02 Å². The van der Waals surface area contributed by atoms with Crippen molar-refractivity contribution in [1.82, 2.24) is 14.1 Å². The van der Waals surface area contributed by atoms with Crippen molar-refractivity contribution in [2.75, 3.05) is 25.5 Å². The molecule has 14 heteroatoms. The van der Waals surface area contributed by atoms with E-state index >= 15 is 0 Å². The number of alkyl halides is 3. The van der Waals surface area contributed by atoms with Gasteiger partial charge in [0.05, 0.1) is 23.4 Å². The van der Waals surface area contributed by atoms with Crippen molar-refractivity contribution in [3.8, 4) is 11.4 Å². The van der Waals surface area contributed by atoms with Gasteiger partial charge in [-0.15, -0.1) is 0 Å². The summed E-state index contributed by atoms with van der Waals surface area (Å²) in [5.74, 6) is -0.855. The number of aliphatic hydroxyl groups is 1. The van der Waals surface area contributed by atoms with Crippen molar-refractivity contribution in [3.05, 3.63) is 65.4 Å². The van der Waals surface area contributed by atoms with Crippen LogP contribution in [-0.4, -0.2) is 53.9 Å². The van der Waals surface area contributed by atoms with E-state index in [0.717, 1.165) is 16.6 Å². The molecule has 0 saturated heterocycles. The smallest absolute Gasteiger partial charge is 0.406 e. The van der Waals surface area contributed by atoms with E-state index in [0.29, 0.717) is 9.70 Å². The first-order valence-corrected chi connectivity index (χ1v) is 11.3. The first-order valence-electron chi connectivity index (χ1n) is 9.50. The fourth-order valence-electron chi connectivity index (χ4n) is 2.86. The Kier molecular flexibility index (Phi) is 7.51. The average Bonchev–Trinajstić information content (AvgIpc) is 3.18. The monoisotopic (exact) mass is 518 g/mol. The van der Waals surface area contributed by atoms with E-state index in [1.807, 2.05) is 0 Å². The van der Waals surface area contributed by atoms with E-state index in [-0.39, 0.29) is 22.8 Å². The highest BCUT2D eigenvalue weighted by Crippen LogP contribution is 2.38. The maximum Gasteiger partial charge on any atom is 0.437 e. The summed E-state index contributed by atoms with van der Waals surface area (Å²) in [4.78, 5) is 12.1. The van der Waals surface area contributed by atoms with Crippen molar-refractivity contribution in [3.63, 3.8) is 0 Å². The molecule has 0 bridgehead atoms. The topological polar surface area (TPSA) is 114 Å². The lowest BCUT2D eigenvalue weighted by atomic mass is 10.3. The third-order valence-electron chi connectivity index (χ3n) is 4.48. The predicted octanol–water partition coefficient (Wildman–Crippen LogP) is 3.77. The molecule has 0 saturated carbocycles. The van der Waals surface area contributed by atoms with Crippen LogP contribution in [-0.2, 0) is 16.2 Å². The Hall–Kier alpha value is -3.13.